The third-order valence-electron chi connectivity index (χ3n) is 4.68. The van der Waals surface area contributed by atoms with E-state index in [9.17, 15) is 0 Å². The third-order valence-corrected chi connectivity index (χ3v) is 4.68. The second-order valence-electron chi connectivity index (χ2n) is 6.23. The molecule has 1 atom stereocenters. The van der Waals surface area contributed by atoms with Crippen molar-refractivity contribution in [3.05, 3.63) is 35.4 Å². The number of piperidine rings is 1. The van der Waals surface area contributed by atoms with Crippen LogP contribution in [0.4, 0.5) is 0 Å². The predicted molar refractivity (Wildman–Crippen MR) is 78.5 cm³/mol. The molecule has 2 nitrogen and oxygen atoms in total. The number of benzene rings is 1. The summed E-state index contributed by atoms with van der Waals surface area (Å²) in [6.45, 7) is 1.19. The van der Waals surface area contributed by atoms with E-state index in [-0.39, 0.29) is 5.60 Å². The molecule has 2 fully saturated rings. The molecule has 1 aliphatic carbocycles. The van der Waals surface area contributed by atoms with Crippen molar-refractivity contribution in [1.82, 2.24) is 5.32 Å². The topological polar surface area (TPSA) is 21.3 Å². The molecule has 3 rings (SSSR count). The van der Waals surface area contributed by atoms with E-state index in [2.05, 4.69) is 29.6 Å². The first-order chi connectivity index (χ1) is 9.30. The van der Waals surface area contributed by atoms with Crippen molar-refractivity contribution in [3.8, 4) is 0 Å². The summed E-state index contributed by atoms with van der Waals surface area (Å²) in [5.74, 6) is 0. The number of rotatable bonds is 5. The van der Waals surface area contributed by atoms with Gasteiger partial charge in [-0.15, -0.1) is 0 Å². The minimum Gasteiger partial charge on any atom is -0.378 e. The van der Waals surface area contributed by atoms with Crippen LogP contribution in [0.2, 0.25) is 0 Å². The van der Waals surface area contributed by atoms with Gasteiger partial charge < -0.3 is 10.1 Å². The molecule has 1 saturated carbocycles. The maximum Gasteiger partial charge on any atom is 0.0721 e. The van der Waals surface area contributed by atoms with Crippen LogP contribution in [-0.2, 0) is 17.6 Å². The maximum atomic E-state index is 5.59. The Kier molecular flexibility index (Phi) is 3.90. The Morgan fingerprint density at radius 3 is 2.47 bits per heavy atom. The van der Waals surface area contributed by atoms with Gasteiger partial charge in [0.1, 0.15) is 0 Å². The molecule has 19 heavy (non-hydrogen) atoms. The molecule has 1 aromatic rings. The van der Waals surface area contributed by atoms with Crippen LogP contribution in [0.5, 0.6) is 0 Å². The van der Waals surface area contributed by atoms with Crippen LogP contribution in [0.15, 0.2) is 24.3 Å². The summed E-state index contributed by atoms with van der Waals surface area (Å²) >= 11 is 0. The van der Waals surface area contributed by atoms with Gasteiger partial charge >= 0.3 is 0 Å². The molecule has 2 aliphatic rings. The Morgan fingerprint density at radius 1 is 1.16 bits per heavy atom. The number of nitrogens with one attached hydrogen (secondary N) is 1. The average Bonchev–Trinajstić information content (AvgIpc) is 3.23. The van der Waals surface area contributed by atoms with E-state index in [4.69, 9.17) is 4.74 Å². The molecule has 0 spiro atoms. The molecule has 1 heterocycles. The van der Waals surface area contributed by atoms with Gasteiger partial charge in [0.15, 0.2) is 0 Å². The Hall–Kier alpha value is -0.860. The quantitative estimate of drug-likeness (QED) is 0.877. The van der Waals surface area contributed by atoms with E-state index in [1.54, 1.807) is 0 Å². The molecule has 1 aromatic carbocycles. The summed E-state index contributed by atoms with van der Waals surface area (Å²) in [6, 6.07) is 9.87. The molecule has 104 valence electrons. The van der Waals surface area contributed by atoms with Crippen LogP contribution < -0.4 is 5.32 Å². The lowest BCUT2D eigenvalue weighted by Gasteiger charge is -2.23. The van der Waals surface area contributed by atoms with Gasteiger partial charge in [0.05, 0.1) is 5.60 Å². The first-order valence-electron chi connectivity index (χ1n) is 7.66. The average molecular weight is 259 g/mol. The lowest BCUT2D eigenvalue weighted by atomic mass is 9.96. The van der Waals surface area contributed by atoms with Gasteiger partial charge in [-0.25, -0.2) is 0 Å². The Labute approximate surface area is 116 Å². The highest BCUT2D eigenvalue weighted by Gasteiger charge is 2.42. The van der Waals surface area contributed by atoms with Gasteiger partial charge in [-0.3, -0.25) is 0 Å². The smallest absolute Gasteiger partial charge is 0.0721 e. The van der Waals surface area contributed by atoms with Crippen molar-refractivity contribution in [1.29, 1.82) is 0 Å². The highest BCUT2D eigenvalue weighted by Crippen LogP contribution is 2.41. The van der Waals surface area contributed by atoms with Gasteiger partial charge in [0.25, 0.3) is 0 Å². The molecule has 1 aliphatic heterocycles. The minimum atomic E-state index is 0.173. The molecular weight excluding hydrogens is 234 g/mol. The van der Waals surface area contributed by atoms with Gasteiger partial charge in [-0.05, 0) is 49.8 Å². The van der Waals surface area contributed by atoms with Crippen LogP contribution >= 0.6 is 0 Å². The lowest BCUT2D eigenvalue weighted by molar-refractivity contribution is 0.0807. The first-order valence-corrected chi connectivity index (χ1v) is 7.66. The standard InChI is InChI=1S/C17H25NO/c1-19-17(9-10-17)13-15-7-5-14(6-8-15)12-16-4-2-3-11-18-16/h5-8,16,18H,2-4,9-13H2,1H3. The molecule has 0 bridgehead atoms. The summed E-state index contributed by atoms with van der Waals surface area (Å²) in [5.41, 5.74) is 3.05. The molecule has 2 heteroatoms. The lowest BCUT2D eigenvalue weighted by Crippen LogP contribution is -2.35. The van der Waals surface area contributed by atoms with Crippen molar-refractivity contribution in [2.75, 3.05) is 13.7 Å². The van der Waals surface area contributed by atoms with E-state index in [1.165, 1.54) is 56.2 Å². The van der Waals surface area contributed by atoms with Crippen molar-refractivity contribution >= 4 is 0 Å². The molecule has 1 unspecified atom stereocenters. The van der Waals surface area contributed by atoms with Gasteiger partial charge in [-0.1, -0.05) is 30.7 Å². The normalized spacial score (nSPS) is 25.2. The molecule has 0 amide bonds. The zero-order valence-electron chi connectivity index (χ0n) is 12.0. The fraction of sp³-hybridized carbons (Fsp3) is 0.647. The molecule has 1 N–H and O–H groups in total. The van der Waals surface area contributed by atoms with E-state index < -0.39 is 0 Å². The SMILES string of the molecule is COC1(Cc2ccc(CC3CCCCN3)cc2)CC1. The van der Waals surface area contributed by atoms with Crippen LogP contribution in [0.25, 0.3) is 0 Å². The highest BCUT2D eigenvalue weighted by molar-refractivity contribution is 5.26. The second-order valence-corrected chi connectivity index (χ2v) is 6.23. The maximum absolute atomic E-state index is 5.59. The van der Waals surface area contributed by atoms with Crippen LogP contribution in [0, 0.1) is 0 Å². The van der Waals surface area contributed by atoms with Crippen LogP contribution in [-0.4, -0.2) is 25.3 Å². The van der Waals surface area contributed by atoms with Crippen molar-refractivity contribution in [2.45, 2.75) is 56.6 Å². The Morgan fingerprint density at radius 2 is 1.89 bits per heavy atom. The van der Waals surface area contributed by atoms with E-state index in [0.717, 1.165) is 6.42 Å². The Balaban J connectivity index is 1.56. The number of hydrogen-bond donors (Lipinski definition) is 1. The zero-order chi connectivity index (χ0) is 13.1. The van der Waals surface area contributed by atoms with Gasteiger partial charge in [0, 0.05) is 19.6 Å². The number of ether oxygens (including phenoxy) is 1. The predicted octanol–water partition coefficient (Wildman–Crippen LogP) is 3.09. The molecule has 0 aromatic heterocycles. The van der Waals surface area contributed by atoms with Crippen molar-refractivity contribution < 1.29 is 4.74 Å². The number of hydrogen-bond acceptors (Lipinski definition) is 2. The first kappa shape index (κ1) is 13.1. The zero-order valence-corrected chi connectivity index (χ0v) is 12.0. The van der Waals surface area contributed by atoms with Crippen molar-refractivity contribution in [2.24, 2.45) is 0 Å². The summed E-state index contributed by atoms with van der Waals surface area (Å²) in [4.78, 5) is 0. The van der Waals surface area contributed by atoms with E-state index in [1.807, 2.05) is 7.11 Å². The van der Waals surface area contributed by atoms with Gasteiger partial charge in [-0.2, -0.15) is 0 Å². The molecule has 0 radical (unpaired) electrons. The summed E-state index contributed by atoms with van der Waals surface area (Å²) < 4.78 is 5.59. The van der Waals surface area contributed by atoms with Crippen molar-refractivity contribution in [3.63, 3.8) is 0 Å². The minimum absolute atomic E-state index is 0.173. The fourth-order valence-electron chi connectivity index (χ4n) is 3.14. The van der Waals surface area contributed by atoms with E-state index in [0.29, 0.717) is 6.04 Å². The van der Waals surface area contributed by atoms with Gasteiger partial charge in [0.2, 0.25) is 0 Å². The number of methoxy groups -OCH3 is 1. The summed E-state index contributed by atoms with van der Waals surface area (Å²) in [7, 11) is 1.84. The molecule has 1 saturated heterocycles. The second kappa shape index (κ2) is 5.64. The van der Waals surface area contributed by atoms with Crippen LogP contribution in [0.3, 0.4) is 0 Å². The van der Waals surface area contributed by atoms with E-state index >= 15 is 0 Å². The summed E-state index contributed by atoms with van der Waals surface area (Å²) in [6.07, 6.45) is 8.74. The summed E-state index contributed by atoms with van der Waals surface area (Å²) in [5, 5.41) is 3.62. The van der Waals surface area contributed by atoms with Crippen LogP contribution in [0.1, 0.15) is 43.2 Å². The highest BCUT2D eigenvalue weighted by atomic mass is 16.5. The third kappa shape index (κ3) is 3.37. The monoisotopic (exact) mass is 259 g/mol. The molecular formula is C17H25NO. The largest absolute Gasteiger partial charge is 0.378 e. The Bertz CT molecular complexity index is 402. The fourth-order valence-corrected chi connectivity index (χ4v) is 3.14.